The molecule has 1 aromatic rings. The number of nitrogens with zero attached hydrogens (tertiary/aromatic N) is 1. The SMILES string of the molecule is CC1CCC2(CC1)NC(=O)N(NC(=O)COC(=O)c1cc(Cl)sc1Cl)C2=O. The number of ether oxygens (including phenoxy) is 1. The van der Waals surface area contributed by atoms with E-state index in [1.54, 1.807) is 0 Å². The highest BCUT2D eigenvalue weighted by atomic mass is 35.5. The molecule has 1 aliphatic heterocycles. The second-order valence-corrected chi connectivity index (χ2v) is 8.97. The minimum atomic E-state index is -0.964. The molecule has 0 bridgehead atoms. The van der Waals surface area contributed by atoms with Crippen molar-refractivity contribution >= 4 is 58.4 Å². The number of hydrogen-bond donors (Lipinski definition) is 2. The predicted molar refractivity (Wildman–Crippen MR) is 98.5 cm³/mol. The zero-order valence-corrected chi connectivity index (χ0v) is 16.7. The monoisotopic (exact) mass is 433 g/mol. The Morgan fingerprint density at radius 3 is 2.63 bits per heavy atom. The Balaban J connectivity index is 1.56. The first kappa shape index (κ1) is 19.9. The van der Waals surface area contributed by atoms with Gasteiger partial charge in [-0.05, 0) is 37.7 Å². The van der Waals surface area contributed by atoms with Gasteiger partial charge >= 0.3 is 12.0 Å². The summed E-state index contributed by atoms with van der Waals surface area (Å²) in [4.78, 5) is 48.7. The van der Waals surface area contributed by atoms with Gasteiger partial charge in [-0.2, -0.15) is 5.01 Å². The van der Waals surface area contributed by atoms with Crippen molar-refractivity contribution in [3.05, 3.63) is 20.3 Å². The first-order valence-electron chi connectivity index (χ1n) is 8.30. The maximum atomic E-state index is 12.6. The number of amides is 4. The van der Waals surface area contributed by atoms with Gasteiger partial charge in [-0.15, -0.1) is 11.3 Å². The Labute approximate surface area is 169 Å². The zero-order chi connectivity index (χ0) is 19.8. The lowest BCUT2D eigenvalue weighted by atomic mass is 9.77. The van der Waals surface area contributed by atoms with Crippen LogP contribution in [0.5, 0.6) is 0 Å². The summed E-state index contributed by atoms with van der Waals surface area (Å²) in [5.74, 6) is -1.65. The van der Waals surface area contributed by atoms with Crippen LogP contribution >= 0.6 is 34.5 Å². The third kappa shape index (κ3) is 4.04. The Bertz CT molecular complexity index is 804. The molecule has 2 N–H and O–H groups in total. The highest BCUT2D eigenvalue weighted by Gasteiger charge is 2.52. The first-order valence-corrected chi connectivity index (χ1v) is 9.87. The van der Waals surface area contributed by atoms with Crippen LogP contribution < -0.4 is 10.7 Å². The second kappa shape index (κ2) is 7.65. The molecular weight excluding hydrogens is 417 g/mol. The van der Waals surface area contributed by atoms with Crippen molar-refractivity contribution < 1.29 is 23.9 Å². The van der Waals surface area contributed by atoms with E-state index >= 15 is 0 Å². The van der Waals surface area contributed by atoms with Crippen LogP contribution in [0, 0.1) is 5.92 Å². The van der Waals surface area contributed by atoms with Crippen LogP contribution in [-0.4, -0.2) is 41.0 Å². The highest BCUT2D eigenvalue weighted by Crippen LogP contribution is 2.36. The third-order valence-electron chi connectivity index (χ3n) is 4.74. The van der Waals surface area contributed by atoms with Crippen molar-refractivity contribution in [1.82, 2.24) is 15.8 Å². The van der Waals surface area contributed by atoms with E-state index in [1.165, 1.54) is 6.07 Å². The second-order valence-electron chi connectivity index (χ2n) is 6.68. The summed E-state index contributed by atoms with van der Waals surface area (Å²) in [6.45, 7) is 1.42. The van der Waals surface area contributed by atoms with E-state index in [1.807, 2.05) is 0 Å². The van der Waals surface area contributed by atoms with Crippen molar-refractivity contribution in [2.75, 3.05) is 6.61 Å². The van der Waals surface area contributed by atoms with Gasteiger partial charge in [0.1, 0.15) is 9.88 Å². The van der Waals surface area contributed by atoms with E-state index in [2.05, 4.69) is 17.7 Å². The van der Waals surface area contributed by atoms with Crippen molar-refractivity contribution in [3.63, 3.8) is 0 Å². The molecule has 2 heterocycles. The number of hydrogen-bond acceptors (Lipinski definition) is 6. The fourth-order valence-electron chi connectivity index (χ4n) is 3.16. The van der Waals surface area contributed by atoms with E-state index in [4.69, 9.17) is 27.9 Å². The van der Waals surface area contributed by atoms with Crippen LogP contribution in [0.1, 0.15) is 43.0 Å². The van der Waals surface area contributed by atoms with Crippen LogP contribution in [0.2, 0.25) is 8.67 Å². The van der Waals surface area contributed by atoms with E-state index in [-0.39, 0.29) is 9.90 Å². The number of carbonyl (C=O) groups is 4. The van der Waals surface area contributed by atoms with Crippen LogP contribution in [0.15, 0.2) is 6.07 Å². The number of imide groups is 1. The topological polar surface area (TPSA) is 105 Å². The molecule has 1 saturated heterocycles. The summed E-state index contributed by atoms with van der Waals surface area (Å²) in [5.41, 5.74) is 1.27. The van der Waals surface area contributed by atoms with Gasteiger partial charge in [0.2, 0.25) is 0 Å². The molecule has 3 rings (SSSR count). The molecule has 11 heteroatoms. The number of hydrazine groups is 1. The summed E-state index contributed by atoms with van der Waals surface area (Å²) < 4.78 is 5.31. The number of urea groups is 1. The van der Waals surface area contributed by atoms with Crippen molar-refractivity contribution in [3.8, 4) is 0 Å². The number of nitrogens with one attached hydrogen (secondary N) is 2. The van der Waals surface area contributed by atoms with Crippen LogP contribution in [0.3, 0.4) is 0 Å². The molecule has 0 aromatic carbocycles. The van der Waals surface area contributed by atoms with Crippen LogP contribution in [0.25, 0.3) is 0 Å². The molecule has 1 aromatic heterocycles. The summed E-state index contributed by atoms with van der Waals surface area (Å²) in [6, 6.07) is 0.641. The number of carbonyl (C=O) groups excluding carboxylic acids is 4. The zero-order valence-electron chi connectivity index (χ0n) is 14.3. The molecule has 0 atom stereocenters. The van der Waals surface area contributed by atoms with Crippen molar-refractivity contribution in [1.29, 1.82) is 0 Å². The molecule has 1 aliphatic carbocycles. The normalized spacial score (nSPS) is 24.9. The lowest BCUT2D eigenvalue weighted by Crippen LogP contribution is -2.52. The minimum Gasteiger partial charge on any atom is -0.452 e. The Morgan fingerprint density at radius 1 is 1.37 bits per heavy atom. The largest absolute Gasteiger partial charge is 0.452 e. The average Bonchev–Trinajstić information content (AvgIpc) is 3.07. The quantitative estimate of drug-likeness (QED) is 0.560. The summed E-state index contributed by atoms with van der Waals surface area (Å²) in [6.07, 6.45) is 2.68. The molecule has 146 valence electrons. The van der Waals surface area contributed by atoms with Gasteiger partial charge in [-0.25, -0.2) is 9.59 Å². The molecule has 27 heavy (non-hydrogen) atoms. The fraction of sp³-hybridized carbons (Fsp3) is 0.500. The number of thiophene rings is 1. The Kier molecular flexibility index (Phi) is 5.64. The molecule has 8 nitrogen and oxygen atoms in total. The summed E-state index contributed by atoms with van der Waals surface area (Å²) in [7, 11) is 0. The molecule has 0 unspecified atom stereocenters. The molecule has 2 fully saturated rings. The van der Waals surface area contributed by atoms with E-state index in [9.17, 15) is 19.2 Å². The standard InChI is InChI=1S/C16H17Cl2N3O5S/c1-8-2-4-16(5-3-8)14(24)21(15(25)19-16)20-11(22)7-26-13(23)9-6-10(17)27-12(9)18/h6,8H,2-5,7H2,1H3,(H,19,25)(H,20,22). The molecule has 4 amide bonds. The molecule has 1 spiro atoms. The third-order valence-corrected chi connectivity index (χ3v) is 6.22. The van der Waals surface area contributed by atoms with Crippen molar-refractivity contribution in [2.24, 2.45) is 5.92 Å². The van der Waals surface area contributed by atoms with Gasteiger partial charge in [-0.1, -0.05) is 30.1 Å². The van der Waals surface area contributed by atoms with Gasteiger partial charge in [0, 0.05) is 0 Å². The number of rotatable bonds is 4. The average molecular weight is 434 g/mol. The van der Waals surface area contributed by atoms with E-state index in [0.717, 1.165) is 24.2 Å². The maximum absolute atomic E-state index is 12.6. The lowest BCUT2D eigenvalue weighted by molar-refractivity contribution is -0.141. The lowest BCUT2D eigenvalue weighted by Gasteiger charge is -2.33. The van der Waals surface area contributed by atoms with Gasteiger partial charge in [0.05, 0.1) is 9.90 Å². The molecule has 2 aliphatic rings. The molecule has 0 radical (unpaired) electrons. The van der Waals surface area contributed by atoms with Gasteiger partial charge in [0.25, 0.3) is 11.8 Å². The Hall–Kier alpha value is -1.84. The highest BCUT2D eigenvalue weighted by molar-refractivity contribution is 7.20. The van der Waals surface area contributed by atoms with E-state index < -0.39 is 36.0 Å². The number of halogens is 2. The van der Waals surface area contributed by atoms with E-state index in [0.29, 0.717) is 28.1 Å². The fourth-order valence-corrected chi connectivity index (χ4v) is 4.60. The Morgan fingerprint density at radius 2 is 2.04 bits per heavy atom. The molecular formula is C16H17Cl2N3O5S. The summed E-state index contributed by atoms with van der Waals surface area (Å²) >= 11 is 12.6. The maximum Gasteiger partial charge on any atom is 0.344 e. The first-order chi connectivity index (χ1) is 12.7. The van der Waals surface area contributed by atoms with Gasteiger partial charge in [0.15, 0.2) is 6.61 Å². The number of esters is 1. The van der Waals surface area contributed by atoms with Crippen LogP contribution in [-0.2, 0) is 14.3 Å². The van der Waals surface area contributed by atoms with Gasteiger partial charge in [-0.3, -0.25) is 15.0 Å². The minimum absolute atomic E-state index is 0.0461. The summed E-state index contributed by atoms with van der Waals surface area (Å²) in [5, 5.41) is 3.33. The van der Waals surface area contributed by atoms with Crippen LogP contribution in [0.4, 0.5) is 4.79 Å². The van der Waals surface area contributed by atoms with Gasteiger partial charge < -0.3 is 10.1 Å². The predicted octanol–water partition coefficient (Wildman–Crippen LogP) is 2.74. The molecule has 1 saturated carbocycles. The smallest absolute Gasteiger partial charge is 0.344 e. The van der Waals surface area contributed by atoms with Crippen molar-refractivity contribution in [2.45, 2.75) is 38.1 Å².